The van der Waals surface area contributed by atoms with Crippen molar-refractivity contribution in [3.8, 4) is 0 Å². The van der Waals surface area contributed by atoms with Crippen molar-refractivity contribution in [2.75, 3.05) is 27.2 Å². The molecule has 2 aromatic rings. The van der Waals surface area contributed by atoms with E-state index in [0.717, 1.165) is 31.5 Å². The van der Waals surface area contributed by atoms with Crippen LogP contribution in [0.25, 0.3) is 0 Å². The molecule has 0 N–H and O–H groups in total. The van der Waals surface area contributed by atoms with Gasteiger partial charge in [-0.25, -0.2) is 0 Å². The molecule has 1 fully saturated rings. The molecule has 6 heteroatoms. The third kappa shape index (κ3) is 3.96. The SMILES string of the molecule is C[C@H](C(=O)N(C)C[C@@H]1CCCN(C)[C@H]1c1cnn(C)c1)c1cccnc1. The summed E-state index contributed by atoms with van der Waals surface area (Å²) in [7, 11) is 6.04. The van der Waals surface area contributed by atoms with Crippen LogP contribution in [0.5, 0.6) is 0 Å². The summed E-state index contributed by atoms with van der Waals surface area (Å²) in [5, 5.41) is 4.35. The second-order valence-corrected chi connectivity index (χ2v) is 7.50. The number of rotatable bonds is 5. The second kappa shape index (κ2) is 7.99. The lowest BCUT2D eigenvalue weighted by molar-refractivity contribution is -0.132. The normalized spacial score (nSPS) is 22.2. The largest absolute Gasteiger partial charge is 0.345 e. The van der Waals surface area contributed by atoms with Crippen LogP contribution < -0.4 is 0 Å². The summed E-state index contributed by atoms with van der Waals surface area (Å²) in [6.45, 7) is 3.80. The van der Waals surface area contributed by atoms with Crippen LogP contribution in [0.2, 0.25) is 0 Å². The zero-order valence-corrected chi connectivity index (χ0v) is 16.2. The number of amides is 1. The molecule has 3 rings (SSSR count). The molecule has 0 saturated carbocycles. The van der Waals surface area contributed by atoms with Gasteiger partial charge >= 0.3 is 0 Å². The minimum Gasteiger partial charge on any atom is -0.345 e. The van der Waals surface area contributed by atoms with E-state index in [1.54, 1.807) is 12.4 Å². The van der Waals surface area contributed by atoms with Crippen LogP contribution in [-0.4, -0.2) is 57.7 Å². The number of carbonyl (C=O) groups is 1. The Hall–Kier alpha value is -2.21. The highest BCUT2D eigenvalue weighted by Gasteiger charge is 2.33. The Bertz CT molecular complexity index is 729. The molecule has 0 aliphatic carbocycles. The van der Waals surface area contributed by atoms with Crippen molar-refractivity contribution in [3.63, 3.8) is 0 Å². The van der Waals surface area contributed by atoms with Crippen LogP contribution >= 0.6 is 0 Å². The summed E-state index contributed by atoms with van der Waals surface area (Å²) in [6.07, 6.45) is 9.87. The van der Waals surface area contributed by atoms with Crippen molar-refractivity contribution in [3.05, 3.63) is 48.0 Å². The highest BCUT2D eigenvalue weighted by atomic mass is 16.2. The maximum Gasteiger partial charge on any atom is 0.229 e. The van der Waals surface area contributed by atoms with Gasteiger partial charge in [-0.3, -0.25) is 19.4 Å². The minimum atomic E-state index is -0.174. The highest BCUT2D eigenvalue weighted by Crippen LogP contribution is 2.35. The number of aryl methyl sites for hydroxylation is 1. The topological polar surface area (TPSA) is 54.3 Å². The Labute approximate surface area is 155 Å². The van der Waals surface area contributed by atoms with E-state index >= 15 is 0 Å². The van der Waals surface area contributed by atoms with Gasteiger partial charge in [0.15, 0.2) is 0 Å². The van der Waals surface area contributed by atoms with Gasteiger partial charge in [0.1, 0.15) is 0 Å². The minimum absolute atomic E-state index is 0.149. The number of piperidine rings is 1. The van der Waals surface area contributed by atoms with E-state index in [9.17, 15) is 4.79 Å². The molecule has 2 aromatic heterocycles. The molecule has 140 valence electrons. The van der Waals surface area contributed by atoms with E-state index in [1.165, 1.54) is 5.56 Å². The molecule has 1 saturated heterocycles. The third-order valence-electron chi connectivity index (χ3n) is 5.51. The monoisotopic (exact) mass is 355 g/mol. The molecule has 0 radical (unpaired) electrons. The van der Waals surface area contributed by atoms with Crippen LogP contribution in [0, 0.1) is 5.92 Å². The fraction of sp³-hybridized carbons (Fsp3) is 0.550. The Morgan fingerprint density at radius 2 is 2.19 bits per heavy atom. The summed E-state index contributed by atoms with van der Waals surface area (Å²) < 4.78 is 1.86. The lowest BCUT2D eigenvalue weighted by Crippen LogP contribution is -2.43. The second-order valence-electron chi connectivity index (χ2n) is 7.50. The number of pyridine rings is 1. The number of nitrogens with zero attached hydrogens (tertiary/aromatic N) is 5. The van der Waals surface area contributed by atoms with Crippen LogP contribution in [0.1, 0.15) is 42.9 Å². The maximum absolute atomic E-state index is 12.9. The van der Waals surface area contributed by atoms with Gasteiger partial charge in [0, 0.05) is 50.8 Å². The Morgan fingerprint density at radius 3 is 2.85 bits per heavy atom. The lowest BCUT2D eigenvalue weighted by Gasteiger charge is -2.40. The van der Waals surface area contributed by atoms with Gasteiger partial charge in [0.05, 0.1) is 12.1 Å². The molecular formula is C20H29N5O. The maximum atomic E-state index is 12.9. The summed E-state index contributed by atoms with van der Waals surface area (Å²) in [5.74, 6) is 0.385. The Morgan fingerprint density at radius 1 is 1.38 bits per heavy atom. The number of aromatic nitrogens is 3. The fourth-order valence-corrected chi connectivity index (χ4v) is 4.12. The first-order valence-corrected chi connectivity index (χ1v) is 9.31. The van der Waals surface area contributed by atoms with Gasteiger partial charge in [-0.15, -0.1) is 0 Å². The van der Waals surface area contributed by atoms with Gasteiger partial charge in [0.2, 0.25) is 5.91 Å². The van der Waals surface area contributed by atoms with Crippen molar-refractivity contribution in [1.82, 2.24) is 24.6 Å². The molecule has 3 heterocycles. The van der Waals surface area contributed by atoms with Gasteiger partial charge in [-0.05, 0) is 50.9 Å². The number of hydrogen-bond acceptors (Lipinski definition) is 4. The molecule has 0 unspecified atom stereocenters. The average molecular weight is 355 g/mol. The molecular weight excluding hydrogens is 326 g/mol. The van der Waals surface area contributed by atoms with Gasteiger partial charge in [-0.2, -0.15) is 5.10 Å². The quantitative estimate of drug-likeness (QED) is 0.827. The standard InChI is InChI=1S/C20H29N5O/c1-15(16-7-5-9-21-11-16)20(26)24(3)13-17-8-6-10-23(2)19(17)18-12-22-25(4)14-18/h5,7,9,11-12,14-15,17,19H,6,8,10,13H2,1-4H3/t15-,17-,19+/m0/s1. The summed E-state index contributed by atoms with van der Waals surface area (Å²) in [6, 6.07) is 4.16. The molecule has 1 amide bonds. The van der Waals surface area contributed by atoms with Gasteiger partial charge in [-0.1, -0.05) is 6.07 Å². The van der Waals surface area contributed by atoms with Crippen molar-refractivity contribution in [2.45, 2.75) is 31.7 Å². The molecule has 26 heavy (non-hydrogen) atoms. The molecule has 3 atom stereocenters. The summed E-state index contributed by atoms with van der Waals surface area (Å²) >= 11 is 0. The van der Waals surface area contributed by atoms with E-state index < -0.39 is 0 Å². The van der Waals surface area contributed by atoms with Crippen LogP contribution in [-0.2, 0) is 11.8 Å². The molecule has 0 spiro atoms. The van der Waals surface area contributed by atoms with Crippen molar-refractivity contribution < 1.29 is 4.79 Å². The summed E-state index contributed by atoms with van der Waals surface area (Å²) in [4.78, 5) is 21.3. The smallest absolute Gasteiger partial charge is 0.229 e. The first kappa shape index (κ1) is 18.6. The van der Waals surface area contributed by atoms with E-state index in [2.05, 4.69) is 28.2 Å². The molecule has 0 aromatic carbocycles. The predicted octanol–water partition coefficient (Wildman–Crippen LogP) is 2.46. The van der Waals surface area contributed by atoms with E-state index in [1.807, 2.05) is 48.9 Å². The molecule has 1 aliphatic heterocycles. The zero-order chi connectivity index (χ0) is 18.7. The van der Waals surface area contributed by atoms with Crippen molar-refractivity contribution >= 4 is 5.91 Å². The first-order valence-electron chi connectivity index (χ1n) is 9.31. The molecule has 1 aliphatic rings. The van der Waals surface area contributed by atoms with Crippen molar-refractivity contribution in [2.24, 2.45) is 13.0 Å². The Balaban J connectivity index is 1.72. The van der Waals surface area contributed by atoms with E-state index in [0.29, 0.717) is 12.0 Å². The molecule has 0 bridgehead atoms. The van der Waals surface area contributed by atoms with Crippen molar-refractivity contribution in [1.29, 1.82) is 0 Å². The average Bonchev–Trinajstić information content (AvgIpc) is 3.07. The number of carbonyl (C=O) groups excluding carboxylic acids is 1. The highest BCUT2D eigenvalue weighted by molar-refractivity contribution is 5.83. The number of likely N-dealkylation sites (tertiary alicyclic amines) is 1. The van der Waals surface area contributed by atoms with Crippen LogP contribution in [0.4, 0.5) is 0 Å². The Kier molecular flexibility index (Phi) is 5.71. The van der Waals surface area contributed by atoms with E-state index in [4.69, 9.17) is 0 Å². The van der Waals surface area contributed by atoms with Gasteiger partial charge in [0.25, 0.3) is 0 Å². The molecule has 6 nitrogen and oxygen atoms in total. The fourth-order valence-electron chi connectivity index (χ4n) is 4.12. The number of likely N-dealkylation sites (N-methyl/N-ethyl adjacent to an activating group) is 1. The van der Waals surface area contributed by atoms with Crippen LogP contribution in [0.3, 0.4) is 0 Å². The van der Waals surface area contributed by atoms with Gasteiger partial charge < -0.3 is 4.90 Å². The number of hydrogen-bond donors (Lipinski definition) is 0. The van der Waals surface area contributed by atoms with Crippen LogP contribution in [0.15, 0.2) is 36.9 Å². The first-order chi connectivity index (χ1) is 12.5. The summed E-state index contributed by atoms with van der Waals surface area (Å²) in [5.41, 5.74) is 2.20. The van der Waals surface area contributed by atoms with E-state index in [-0.39, 0.29) is 11.8 Å². The zero-order valence-electron chi connectivity index (χ0n) is 16.2. The third-order valence-corrected chi connectivity index (χ3v) is 5.51. The lowest BCUT2D eigenvalue weighted by atomic mass is 9.85. The predicted molar refractivity (Wildman–Crippen MR) is 102 cm³/mol.